The van der Waals surface area contributed by atoms with Crippen molar-refractivity contribution in [3.63, 3.8) is 0 Å². The predicted octanol–water partition coefficient (Wildman–Crippen LogP) is 8.77. The van der Waals surface area contributed by atoms with Crippen molar-refractivity contribution in [3.8, 4) is 17.6 Å². The number of aryl methyl sites for hydroxylation is 1. The predicted molar refractivity (Wildman–Crippen MR) is 159 cm³/mol. The summed E-state index contributed by atoms with van der Waals surface area (Å²) in [6, 6.07) is 27.6. The van der Waals surface area contributed by atoms with Crippen LogP contribution in [0.4, 0.5) is 5.69 Å². The Hall–Kier alpha value is -3.76. The zero-order valence-electron chi connectivity index (χ0n) is 20.9. The molecule has 0 aliphatic heterocycles. The Morgan fingerprint density at radius 2 is 1.69 bits per heavy atom. The van der Waals surface area contributed by atoms with E-state index in [0.29, 0.717) is 39.4 Å². The average molecular weight is 622 g/mol. The fraction of sp³-hybridized carbons (Fsp3) is 0.0968. The van der Waals surface area contributed by atoms with Gasteiger partial charge in [0.15, 0.2) is 0 Å². The first-order valence-electron chi connectivity index (χ1n) is 11.9. The maximum atomic E-state index is 12.9. The van der Waals surface area contributed by atoms with E-state index in [1.807, 2.05) is 43.3 Å². The Kier molecular flexibility index (Phi) is 9.67. The Morgan fingerprint density at radius 1 is 0.949 bits per heavy atom. The van der Waals surface area contributed by atoms with Gasteiger partial charge in [0, 0.05) is 31.3 Å². The maximum Gasteiger partial charge on any atom is 0.266 e. The zero-order valence-corrected chi connectivity index (χ0v) is 24.0. The number of carbonyl (C=O) groups excluding carboxylic acids is 1. The van der Waals surface area contributed by atoms with Gasteiger partial charge in [-0.3, -0.25) is 4.79 Å². The van der Waals surface area contributed by atoms with Crippen molar-refractivity contribution in [2.24, 2.45) is 0 Å². The number of anilines is 1. The Morgan fingerprint density at radius 3 is 2.38 bits per heavy atom. The van der Waals surface area contributed by atoms with Crippen molar-refractivity contribution in [1.82, 2.24) is 0 Å². The Balaban J connectivity index is 1.43. The highest BCUT2D eigenvalue weighted by molar-refractivity contribution is 9.10. The van der Waals surface area contributed by atoms with Crippen molar-refractivity contribution < 1.29 is 14.3 Å². The van der Waals surface area contributed by atoms with Crippen LogP contribution >= 0.6 is 39.1 Å². The number of hydrogen-bond donors (Lipinski definition) is 1. The summed E-state index contributed by atoms with van der Waals surface area (Å²) < 4.78 is 12.6. The van der Waals surface area contributed by atoms with Crippen molar-refractivity contribution in [3.05, 3.63) is 127 Å². The molecule has 0 aliphatic rings. The number of halogens is 3. The molecule has 4 aromatic carbocycles. The van der Waals surface area contributed by atoms with E-state index in [1.165, 1.54) is 11.6 Å². The van der Waals surface area contributed by atoms with Crippen LogP contribution in [0.5, 0.6) is 11.5 Å². The van der Waals surface area contributed by atoms with E-state index in [-0.39, 0.29) is 12.2 Å². The van der Waals surface area contributed by atoms with Gasteiger partial charge in [-0.1, -0.05) is 75.0 Å². The van der Waals surface area contributed by atoms with Crippen LogP contribution in [0.3, 0.4) is 0 Å². The summed E-state index contributed by atoms with van der Waals surface area (Å²) in [5.41, 5.74) is 4.02. The summed E-state index contributed by atoms with van der Waals surface area (Å²) in [6.45, 7) is 2.66. The standard InChI is InChI=1S/C31H23BrCl2N2O3/c1-20-2-4-21(5-3-20)18-38-28-11-9-27(10-12-28)36-31(37)24(17-35)14-23-15-25(32)7-13-30(23)39-19-22-6-8-26(33)16-29(22)34/h2-16H,18-19H2,1H3,(H,36,37)/b24-14+. The maximum absolute atomic E-state index is 12.9. The molecule has 0 fully saturated rings. The lowest BCUT2D eigenvalue weighted by molar-refractivity contribution is -0.112. The summed E-state index contributed by atoms with van der Waals surface area (Å²) in [4.78, 5) is 12.9. The average Bonchev–Trinajstić information content (AvgIpc) is 2.92. The van der Waals surface area contributed by atoms with Gasteiger partial charge in [-0.05, 0) is 73.2 Å². The number of nitriles is 1. The van der Waals surface area contributed by atoms with Gasteiger partial charge in [0.2, 0.25) is 0 Å². The van der Waals surface area contributed by atoms with Gasteiger partial charge < -0.3 is 14.8 Å². The molecule has 5 nitrogen and oxygen atoms in total. The lowest BCUT2D eigenvalue weighted by Crippen LogP contribution is -2.13. The van der Waals surface area contributed by atoms with Crippen LogP contribution < -0.4 is 14.8 Å². The number of carbonyl (C=O) groups is 1. The topological polar surface area (TPSA) is 71.3 Å². The van der Waals surface area contributed by atoms with Gasteiger partial charge in [0.1, 0.15) is 36.4 Å². The molecule has 0 radical (unpaired) electrons. The highest BCUT2D eigenvalue weighted by Crippen LogP contribution is 2.28. The lowest BCUT2D eigenvalue weighted by atomic mass is 10.1. The van der Waals surface area contributed by atoms with E-state index < -0.39 is 5.91 Å². The van der Waals surface area contributed by atoms with E-state index >= 15 is 0 Å². The van der Waals surface area contributed by atoms with Crippen LogP contribution in [0.25, 0.3) is 6.08 Å². The van der Waals surface area contributed by atoms with Gasteiger partial charge >= 0.3 is 0 Å². The lowest BCUT2D eigenvalue weighted by Gasteiger charge is -2.12. The molecule has 0 spiro atoms. The number of hydrogen-bond acceptors (Lipinski definition) is 4. The second-order valence-electron chi connectivity index (χ2n) is 8.63. The van der Waals surface area contributed by atoms with E-state index in [1.54, 1.807) is 54.6 Å². The summed E-state index contributed by atoms with van der Waals surface area (Å²) >= 11 is 15.7. The quantitative estimate of drug-likeness (QED) is 0.150. The molecular weight excluding hydrogens is 599 g/mol. The number of benzene rings is 4. The zero-order chi connectivity index (χ0) is 27.8. The Bertz CT molecular complexity index is 1550. The molecule has 1 N–H and O–H groups in total. The molecule has 0 aliphatic carbocycles. The number of rotatable bonds is 9. The molecule has 0 unspecified atom stereocenters. The van der Waals surface area contributed by atoms with E-state index in [2.05, 4.69) is 21.2 Å². The normalized spacial score (nSPS) is 11.0. The third-order valence-electron chi connectivity index (χ3n) is 5.67. The third-order valence-corrected chi connectivity index (χ3v) is 6.75. The van der Waals surface area contributed by atoms with Gasteiger partial charge in [0.05, 0.1) is 0 Å². The first-order chi connectivity index (χ1) is 18.8. The fourth-order valence-electron chi connectivity index (χ4n) is 3.55. The third kappa shape index (κ3) is 8.11. The fourth-order valence-corrected chi connectivity index (χ4v) is 4.39. The molecule has 0 aromatic heterocycles. The van der Waals surface area contributed by atoms with E-state index in [4.69, 9.17) is 32.7 Å². The molecule has 0 atom stereocenters. The monoisotopic (exact) mass is 620 g/mol. The molecule has 0 bridgehead atoms. The highest BCUT2D eigenvalue weighted by atomic mass is 79.9. The number of amides is 1. The SMILES string of the molecule is Cc1ccc(COc2ccc(NC(=O)/C(C#N)=C/c3cc(Br)ccc3OCc3ccc(Cl)cc3Cl)cc2)cc1. The van der Waals surface area contributed by atoms with Crippen LogP contribution in [-0.4, -0.2) is 5.91 Å². The molecule has 8 heteroatoms. The second kappa shape index (κ2) is 13.3. The van der Waals surface area contributed by atoms with Crippen LogP contribution in [0.15, 0.2) is 95.0 Å². The largest absolute Gasteiger partial charge is 0.489 e. The van der Waals surface area contributed by atoms with E-state index in [0.717, 1.165) is 15.6 Å². The summed E-state index contributed by atoms with van der Waals surface area (Å²) in [6.07, 6.45) is 1.48. The van der Waals surface area contributed by atoms with Gasteiger partial charge in [0.25, 0.3) is 5.91 Å². The molecule has 196 valence electrons. The highest BCUT2D eigenvalue weighted by Gasteiger charge is 2.13. The van der Waals surface area contributed by atoms with Crippen molar-refractivity contribution in [1.29, 1.82) is 5.26 Å². The van der Waals surface area contributed by atoms with Gasteiger partial charge in [-0.15, -0.1) is 0 Å². The molecular formula is C31H23BrCl2N2O3. The molecule has 4 aromatic rings. The molecule has 0 heterocycles. The van der Waals surface area contributed by atoms with Crippen LogP contribution in [0.1, 0.15) is 22.3 Å². The van der Waals surface area contributed by atoms with Crippen LogP contribution in [-0.2, 0) is 18.0 Å². The summed E-state index contributed by atoms with van der Waals surface area (Å²) in [7, 11) is 0. The summed E-state index contributed by atoms with van der Waals surface area (Å²) in [5.74, 6) is 0.610. The first kappa shape index (κ1) is 28.3. The molecule has 1 amide bonds. The minimum absolute atomic E-state index is 0.0813. The molecule has 0 saturated heterocycles. The van der Waals surface area contributed by atoms with Crippen molar-refractivity contribution in [2.45, 2.75) is 20.1 Å². The van der Waals surface area contributed by atoms with E-state index in [9.17, 15) is 10.1 Å². The smallest absolute Gasteiger partial charge is 0.266 e. The van der Waals surface area contributed by atoms with Crippen LogP contribution in [0.2, 0.25) is 10.0 Å². The summed E-state index contributed by atoms with van der Waals surface area (Å²) in [5, 5.41) is 13.5. The number of nitrogens with one attached hydrogen (secondary N) is 1. The van der Waals surface area contributed by atoms with Crippen molar-refractivity contribution in [2.75, 3.05) is 5.32 Å². The molecule has 39 heavy (non-hydrogen) atoms. The number of ether oxygens (including phenoxy) is 2. The van der Waals surface area contributed by atoms with Crippen LogP contribution in [0, 0.1) is 18.3 Å². The van der Waals surface area contributed by atoms with Gasteiger partial charge in [-0.2, -0.15) is 5.26 Å². The number of nitrogens with zero attached hydrogens (tertiary/aromatic N) is 1. The minimum atomic E-state index is -0.544. The van der Waals surface area contributed by atoms with Crippen molar-refractivity contribution >= 4 is 56.8 Å². The molecule has 0 saturated carbocycles. The molecule has 4 rings (SSSR count). The first-order valence-corrected chi connectivity index (χ1v) is 13.4. The van der Waals surface area contributed by atoms with Gasteiger partial charge in [-0.25, -0.2) is 0 Å². The Labute approximate surface area is 245 Å². The minimum Gasteiger partial charge on any atom is -0.489 e. The second-order valence-corrected chi connectivity index (χ2v) is 10.4.